The van der Waals surface area contributed by atoms with E-state index in [1.165, 1.54) is 0 Å². The van der Waals surface area contributed by atoms with Crippen molar-refractivity contribution in [2.45, 2.75) is 26.7 Å². The zero-order chi connectivity index (χ0) is 13.5. The lowest BCUT2D eigenvalue weighted by atomic mass is 10.1. The Morgan fingerprint density at radius 3 is 2.28 bits per heavy atom. The van der Waals surface area contributed by atoms with E-state index in [-0.39, 0.29) is 0 Å². The average molecular weight is 257 g/mol. The first-order valence-corrected chi connectivity index (χ1v) is 6.13. The van der Waals surface area contributed by atoms with Gasteiger partial charge < -0.3 is 5.32 Å². The molecule has 1 rings (SSSR count). The highest BCUT2D eigenvalue weighted by Crippen LogP contribution is 2.16. The molecule has 0 bridgehead atoms. The molecule has 0 atom stereocenters. The molecule has 0 saturated heterocycles. The fraction of sp³-hybridized carbons (Fsp3) is 0.429. The lowest BCUT2D eigenvalue weighted by molar-refractivity contribution is 0.447. The minimum Gasteiger partial charge on any atom is -0.313 e. The quantitative estimate of drug-likeness (QED) is 0.602. The lowest BCUT2D eigenvalue weighted by Gasteiger charge is -2.07. The van der Waals surface area contributed by atoms with Gasteiger partial charge in [-0.3, -0.25) is 0 Å². The number of hydrogen-bond acceptors (Lipinski definition) is 1. The number of nitrogens with one attached hydrogen (secondary N) is 1. The number of rotatable bonds is 6. The van der Waals surface area contributed by atoms with Crippen LogP contribution in [0.2, 0.25) is 0 Å². The van der Waals surface area contributed by atoms with Crippen LogP contribution in [0.25, 0.3) is 6.08 Å². The molecule has 18 heavy (non-hydrogen) atoms. The van der Waals surface area contributed by atoms with Gasteiger partial charge in [0.05, 0.1) is 0 Å². The van der Waals surface area contributed by atoms with E-state index >= 15 is 0 Å². The summed E-state index contributed by atoms with van der Waals surface area (Å²) in [6, 6.07) is 2.02. The highest BCUT2D eigenvalue weighted by Gasteiger charge is 2.09. The Morgan fingerprint density at radius 2 is 1.78 bits per heavy atom. The summed E-state index contributed by atoms with van der Waals surface area (Å²) < 4.78 is 38.9. The fourth-order valence-corrected chi connectivity index (χ4v) is 1.60. The SMILES string of the molecule is CCCNCC(=Cc1cc(F)c(F)c(F)c1)CC. The zero-order valence-corrected chi connectivity index (χ0v) is 10.7. The molecule has 0 heterocycles. The van der Waals surface area contributed by atoms with Gasteiger partial charge >= 0.3 is 0 Å². The maximum absolute atomic E-state index is 13.0. The van der Waals surface area contributed by atoms with Crippen LogP contribution in [0.5, 0.6) is 0 Å². The van der Waals surface area contributed by atoms with Crippen LogP contribution in [-0.2, 0) is 0 Å². The predicted molar refractivity (Wildman–Crippen MR) is 67.7 cm³/mol. The first-order chi connectivity index (χ1) is 8.58. The Hall–Kier alpha value is -1.29. The topological polar surface area (TPSA) is 12.0 Å². The van der Waals surface area contributed by atoms with Gasteiger partial charge in [0.15, 0.2) is 17.5 Å². The van der Waals surface area contributed by atoms with Crippen molar-refractivity contribution < 1.29 is 13.2 Å². The second kappa shape index (κ2) is 7.21. The summed E-state index contributed by atoms with van der Waals surface area (Å²) in [5.74, 6) is -3.73. The van der Waals surface area contributed by atoms with Gasteiger partial charge in [0.2, 0.25) is 0 Å². The number of halogens is 3. The van der Waals surface area contributed by atoms with Crippen LogP contribution >= 0.6 is 0 Å². The Labute approximate surface area is 106 Å². The van der Waals surface area contributed by atoms with E-state index in [1.54, 1.807) is 6.08 Å². The maximum Gasteiger partial charge on any atom is 0.194 e. The molecule has 1 aromatic rings. The van der Waals surface area contributed by atoms with E-state index in [0.29, 0.717) is 12.1 Å². The summed E-state index contributed by atoms with van der Waals surface area (Å²) in [7, 11) is 0. The summed E-state index contributed by atoms with van der Waals surface area (Å²) in [6.07, 6.45) is 3.49. The predicted octanol–water partition coefficient (Wildman–Crippen LogP) is 3.90. The van der Waals surface area contributed by atoms with Crippen LogP contribution in [0.4, 0.5) is 13.2 Å². The summed E-state index contributed by atoms with van der Waals surface area (Å²) >= 11 is 0. The van der Waals surface area contributed by atoms with E-state index in [9.17, 15) is 13.2 Å². The van der Waals surface area contributed by atoms with Crippen molar-refractivity contribution in [3.05, 3.63) is 40.7 Å². The van der Waals surface area contributed by atoms with Gasteiger partial charge in [0, 0.05) is 6.54 Å². The molecule has 0 aliphatic heterocycles. The van der Waals surface area contributed by atoms with E-state index in [1.807, 2.05) is 6.92 Å². The fourth-order valence-electron chi connectivity index (χ4n) is 1.60. The Kier molecular flexibility index (Phi) is 5.92. The molecular weight excluding hydrogens is 239 g/mol. The summed E-state index contributed by atoms with van der Waals surface area (Å²) in [4.78, 5) is 0. The molecular formula is C14H18F3N. The molecule has 0 aliphatic rings. The van der Waals surface area contributed by atoms with E-state index in [2.05, 4.69) is 12.2 Å². The van der Waals surface area contributed by atoms with Crippen molar-refractivity contribution in [2.24, 2.45) is 0 Å². The normalized spacial score (nSPS) is 11.9. The summed E-state index contributed by atoms with van der Waals surface area (Å²) in [5.41, 5.74) is 1.37. The molecule has 1 N–H and O–H groups in total. The number of hydrogen-bond donors (Lipinski definition) is 1. The van der Waals surface area contributed by atoms with Crippen LogP contribution in [0.15, 0.2) is 17.7 Å². The average Bonchev–Trinajstić information content (AvgIpc) is 2.34. The molecule has 0 aromatic heterocycles. The van der Waals surface area contributed by atoms with Gasteiger partial charge in [-0.2, -0.15) is 0 Å². The van der Waals surface area contributed by atoms with Crippen molar-refractivity contribution in [2.75, 3.05) is 13.1 Å². The van der Waals surface area contributed by atoms with Crippen molar-refractivity contribution in [3.63, 3.8) is 0 Å². The molecule has 100 valence electrons. The van der Waals surface area contributed by atoms with Crippen molar-refractivity contribution >= 4 is 6.08 Å². The zero-order valence-electron chi connectivity index (χ0n) is 10.7. The number of benzene rings is 1. The van der Waals surface area contributed by atoms with Crippen molar-refractivity contribution in [3.8, 4) is 0 Å². The molecule has 1 aromatic carbocycles. The molecule has 0 radical (unpaired) electrons. The van der Waals surface area contributed by atoms with Crippen LogP contribution in [0, 0.1) is 17.5 Å². The Balaban J connectivity index is 2.85. The minimum atomic E-state index is -1.42. The van der Waals surface area contributed by atoms with E-state index in [4.69, 9.17) is 0 Å². The molecule has 0 aliphatic carbocycles. The highest BCUT2D eigenvalue weighted by atomic mass is 19.2. The lowest BCUT2D eigenvalue weighted by Crippen LogP contribution is -2.17. The summed E-state index contributed by atoms with van der Waals surface area (Å²) in [5, 5.41) is 3.22. The van der Waals surface area contributed by atoms with E-state index in [0.717, 1.165) is 37.1 Å². The van der Waals surface area contributed by atoms with Crippen LogP contribution in [0.3, 0.4) is 0 Å². The third-order valence-corrected chi connectivity index (χ3v) is 2.61. The Bertz CT molecular complexity index is 404. The van der Waals surface area contributed by atoms with Crippen molar-refractivity contribution in [1.82, 2.24) is 5.32 Å². The van der Waals surface area contributed by atoms with Gasteiger partial charge in [-0.1, -0.05) is 25.5 Å². The molecule has 0 unspecified atom stereocenters. The van der Waals surface area contributed by atoms with Crippen LogP contribution in [-0.4, -0.2) is 13.1 Å². The molecule has 0 spiro atoms. The van der Waals surface area contributed by atoms with Gasteiger partial charge in [-0.05, 0) is 37.1 Å². The van der Waals surface area contributed by atoms with Gasteiger partial charge in [-0.25, -0.2) is 13.2 Å². The van der Waals surface area contributed by atoms with Crippen molar-refractivity contribution in [1.29, 1.82) is 0 Å². The van der Waals surface area contributed by atoms with Crippen LogP contribution in [0.1, 0.15) is 32.3 Å². The minimum absolute atomic E-state index is 0.349. The molecule has 0 fully saturated rings. The third kappa shape index (κ3) is 4.18. The smallest absolute Gasteiger partial charge is 0.194 e. The molecule has 1 nitrogen and oxygen atoms in total. The third-order valence-electron chi connectivity index (χ3n) is 2.61. The largest absolute Gasteiger partial charge is 0.313 e. The second-order valence-electron chi connectivity index (χ2n) is 4.13. The highest BCUT2D eigenvalue weighted by molar-refractivity contribution is 5.53. The maximum atomic E-state index is 13.0. The van der Waals surface area contributed by atoms with Gasteiger partial charge in [0.25, 0.3) is 0 Å². The monoisotopic (exact) mass is 257 g/mol. The van der Waals surface area contributed by atoms with E-state index < -0.39 is 17.5 Å². The molecule has 4 heteroatoms. The standard InChI is InChI=1S/C14H18F3N/c1-3-5-18-9-10(4-2)6-11-7-12(15)14(17)13(16)8-11/h6-8,18H,3-5,9H2,1-2H3. The van der Waals surface area contributed by atoms with Crippen LogP contribution < -0.4 is 5.32 Å². The first kappa shape index (κ1) is 14.8. The van der Waals surface area contributed by atoms with Gasteiger partial charge in [-0.15, -0.1) is 0 Å². The molecule has 0 saturated carbocycles. The molecule has 0 amide bonds. The van der Waals surface area contributed by atoms with Gasteiger partial charge in [0.1, 0.15) is 0 Å². The first-order valence-electron chi connectivity index (χ1n) is 6.13. The second-order valence-corrected chi connectivity index (χ2v) is 4.13. The summed E-state index contributed by atoms with van der Waals surface area (Å²) in [6.45, 7) is 5.59. The Morgan fingerprint density at radius 1 is 1.17 bits per heavy atom.